The third-order valence-electron chi connectivity index (χ3n) is 3.07. The van der Waals surface area contributed by atoms with E-state index in [1.54, 1.807) is 23.1 Å². The van der Waals surface area contributed by atoms with Crippen molar-refractivity contribution >= 4 is 6.29 Å². The number of ether oxygens (including phenoxy) is 1. The van der Waals surface area contributed by atoms with Gasteiger partial charge in [-0.3, -0.25) is 9.48 Å². The Hall–Kier alpha value is -2.31. The third kappa shape index (κ3) is 4.09. The van der Waals surface area contributed by atoms with Crippen LogP contribution in [0.1, 0.15) is 30.1 Å². The highest BCUT2D eigenvalue weighted by Crippen LogP contribution is 2.30. The molecule has 118 valence electrons. The van der Waals surface area contributed by atoms with Crippen molar-refractivity contribution in [1.82, 2.24) is 9.78 Å². The summed E-state index contributed by atoms with van der Waals surface area (Å²) in [6, 6.07) is 4.05. The van der Waals surface area contributed by atoms with E-state index in [4.69, 9.17) is 0 Å². The fourth-order valence-electron chi connectivity index (χ4n) is 1.98. The van der Waals surface area contributed by atoms with Gasteiger partial charge in [-0.15, -0.1) is 13.2 Å². The molecule has 0 N–H and O–H groups in total. The molecule has 0 aliphatic rings. The molecule has 0 aliphatic carbocycles. The van der Waals surface area contributed by atoms with Gasteiger partial charge in [0.1, 0.15) is 5.75 Å². The second-order valence-corrected chi connectivity index (χ2v) is 4.76. The lowest BCUT2D eigenvalue weighted by Crippen LogP contribution is -2.18. The molecule has 0 spiro atoms. The Morgan fingerprint density at radius 1 is 1.32 bits per heavy atom. The summed E-state index contributed by atoms with van der Waals surface area (Å²) in [7, 11) is 0. The van der Waals surface area contributed by atoms with Gasteiger partial charge in [-0.05, 0) is 24.1 Å². The number of halogens is 3. The second-order valence-electron chi connectivity index (χ2n) is 4.76. The van der Waals surface area contributed by atoms with E-state index in [1.165, 1.54) is 12.1 Å². The molecular weight excluding hydrogens is 297 g/mol. The monoisotopic (exact) mass is 312 g/mol. The van der Waals surface area contributed by atoms with Crippen LogP contribution < -0.4 is 4.74 Å². The number of unbranched alkanes of at least 4 members (excludes halogenated alkanes) is 1. The number of alkyl halides is 3. The van der Waals surface area contributed by atoms with Crippen LogP contribution in [-0.2, 0) is 6.54 Å². The maximum Gasteiger partial charge on any atom is 0.573 e. The Balaban J connectivity index is 2.29. The molecule has 2 aromatic rings. The van der Waals surface area contributed by atoms with Gasteiger partial charge in [0, 0.05) is 18.3 Å². The normalized spacial score (nSPS) is 11.5. The molecule has 0 saturated carbocycles. The predicted molar refractivity (Wildman–Crippen MR) is 74.6 cm³/mol. The summed E-state index contributed by atoms with van der Waals surface area (Å²) in [5.41, 5.74) is 1.02. The maximum absolute atomic E-state index is 12.4. The number of benzene rings is 1. The highest BCUT2D eigenvalue weighted by molar-refractivity contribution is 5.81. The number of aryl methyl sites for hydroxylation is 1. The molecule has 0 atom stereocenters. The average Bonchev–Trinajstić information content (AvgIpc) is 2.92. The summed E-state index contributed by atoms with van der Waals surface area (Å²) >= 11 is 0. The van der Waals surface area contributed by atoms with Gasteiger partial charge in [0.05, 0.1) is 11.8 Å². The lowest BCUT2D eigenvalue weighted by Gasteiger charge is -2.11. The third-order valence-corrected chi connectivity index (χ3v) is 3.07. The zero-order chi connectivity index (χ0) is 16.2. The molecule has 0 radical (unpaired) electrons. The van der Waals surface area contributed by atoms with E-state index >= 15 is 0 Å². The number of nitrogens with zero attached hydrogens (tertiary/aromatic N) is 2. The van der Waals surface area contributed by atoms with Gasteiger partial charge in [-0.1, -0.05) is 19.4 Å². The molecule has 1 aromatic heterocycles. The minimum atomic E-state index is -4.85. The molecule has 2 rings (SSSR count). The van der Waals surface area contributed by atoms with Crippen molar-refractivity contribution in [3.05, 3.63) is 36.2 Å². The summed E-state index contributed by atoms with van der Waals surface area (Å²) in [6.07, 6.45) is 0.795. The highest BCUT2D eigenvalue weighted by atomic mass is 19.4. The number of carbonyl (C=O) groups excluding carboxylic acids is 1. The number of aromatic nitrogens is 2. The zero-order valence-electron chi connectivity index (χ0n) is 11.9. The average molecular weight is 312 g/mol. The second kappa shape index (κ2) is 6.64. The van der Waals surface area contributed by atoms with Gasteiger partial charge in [0.2, 0.25) is 0 Å². The lowest BCUT2D eigenvalue weighted by atomic mass is 10.1. The van der Waals surface area contributed by atoms with Crippen molar-refractivity contribution in [2.75, 3.05) is 0 Å². The Morgan fingerprint density at radius 2 is 2.09 bits per heavy atom. The van der Waals surface area contributed by atoms with Crippen molar-refractivity contribution in [3.8, 4) is 16.9 Å². The van der Waals surface area contributed by atoms with Gasteiger partial charge in [-0.2, -0.15) is 5.10 Å². The topological polar surface area (TPSA) is 44.1 Å². The fraction of sp³-hybridized carbons (Fsp3) is 0.333. The SMILES string of the molecule is CCCCn1cc(-c2ccc(C=O)c(OC(F)(F)F)c2)cn1. The number of carbonyl (C=O) groups is 1. The van der Waals surface area contributed by atoms with Crippen molar-refractivity contribution < 1.29 is 22.7 Å². The van der Waals surface area contributed by atoms with Crippen LogP contribution in [0.15, 0.2) is 30.6 Å². The molecule has 22 heavy (non-hydrogen) atoms. The summed E-state index contributed by atoms with van der Waals surface area (Å²) < 4.78 is 42.8. The van der Waals surface area contributed by atoms with Crippen molar-refractivity contribution in [2.24, 2.45) is 0 Å². The van der Waals surface area contributed by atoms with Gasteiger partial charge in [-0.25, -0.2) is 0 Å². The van der Waals surface area contributed by atoms with E-state index < -0.39 is 12.1 Å². The number of rotatable bonds is 6. The zero-order valence-corrected chi connectivity index (χ0v) is 11.9. The van der Waals surface area contributed by atoms with E-state index in [-0.39, 0.29) is 5.56 Å². The molecule has 4 nitrogen and oxygen atoms in total. The molecule has 0 fully saturated rings. The number of hydrogen-bond donors (Lipinski definition) is 0. The Bertz CT molecular complexity index is 650. The van der Waals surface area contributed by atoms with Crippen LogP contribution in [0.25, 0.3) is 11.1 Å². The van der Waals surface area contributed by atoms with Crippen LogP contribution in [0.4, 0.5) is 13.2 Å². The first-order valence-corrected chi connectivity index (χ1v) is 6.80. The van der Waals surface area contributed by atoms with Crippen LogP contribution >= 0.6 is 0 Å². The predicted octanol–water partition coefficient (Wildman–Crippen LogP) is 4.06. The molecular formula is C15H15F3N2O2. The van der Waals surface area contributed by atoms with Gasteiger partial charge < -0.3 is 4.74 Å². The summed E-state index contributed by atoms with van der Waals surface area (Å²) in [4.78, 5) is 10.8. The first kappa shape index (κ1) is 16.1. The first-order chi connectivity index (χ1) is 10.4. The van der Waals surface area contributed by atoms with Crippen molar-refractivity contribution in [1.29, 1.82) is 0 Å². The van der Waals surface area contributed by atoms with E-state index in [0.29, 0.717) is 17.4 Å². The Morgan fingerprint density at radius 3 is 2.73 bits per heavy atom. The molecule has 0 saturated heterocycles. The van der Waals surface area contributed by atoms with Crippen LogP contribution in [-0.4, -0.2) is 22.4 Å². The Labute approximate surface area is 125 Å². The maximum atomic E-state index is 12.4. The highest BCUT2D eigenvalue weighted by Gasteiger charge is 2.32. The summed E-state index contributed by atoms with van der Waals surface area (Å²) in [5, 5.41) is 4.16. The van der Waals surface area contributed by atoms with E-state index in [1.807, 2.05) is 0 Å². The van der Waals surface area contributed by atoms with Crippen molar-refractivity contribution in [2.45, 2.75) is 32.7 Å². The van der Waals surface area contributed by atoms with E-state index in [2.05, 4.69) is 16.8 Å². The van der Waals surface area contributed by atoms with E-state index in [9.17, 15) is 18.0 Å². The molecule has 0 unspecified atom stereocenters. The van der Waals surface area contributed by atoms with Crippen LogP contribution in [0, 0.1) is 0 Å². The Kier molecular flexibility index (Phi) is 4.85. The largest absolute Gasteiger partial charge is 0.573 e. The minimum absolute atomic E-state index is 0.153. The molecule has 7 heteroatoms. The minimum Gasteiger partial charge on any atom is -0.405 e. The van der Waals surface area contributed by atoms with Gasteiger partial charge in [0.25, 0.3) is 0 Å². The number of hydrogen-bond acceptors (Lipinski definition) is 3. The van der Waals surface area contributed by atoms with Crippen LogP contribution in [0.5, 0.6) is 5.75 Å². The molecule has 0 aliphatic heterocycles. The summed E-state index contributed by atoms with van der Waals surface area (Å²) in [6.45, 7) is 2.80. The van der Waals surface area contributed by atoms with Crippen molar-refractivity contribution in [3.63, 3.8) is 0 Å². The van der Waals surface area contributed by atoms with Gasteiger partial charge in [0.15, 0.2) is 6.29 Å². The quantitative estimate of drug-likeness (QED) is 0.756. The lowest BCUT2D eigenvalue weighted by molar-refractivity contribution is -0.274. The first-order valence-electron chi connectivity index (χ1n) is 6.80. The standard InChI is InChI=1S/C15H15F3N2O2/c1-2-3-6-20-9-13(8-19-20)11-4-5-12(10-21)14(7-11)22-15(16,17)18/h4-5,7-10H,2-3,6H2,1H3. The number of aldehydes is 1. The summed E-state index contributed by atoms with van der Waals surface area (Å²) in [5.74, 6) is -0.513. The molecule has 1 heterocycles. The smallest absolute Gasteiger partial charge is 0.405 e. The molecule has 0 amide bonds. The molecule has 0 bridgehead atoms. The fourth-order valence-corrected chi connectivity index (χ4v) is 1.98. The van der Waals surface area contributed by atoms with E-state index in [0.717, 1.165) is 19.4 Å². The van der Waals surface area contributed by atoms with Gasteiger partial charge >= 0.3 is 6.36 Å². The molecule has 1 aromatic carbocycles. The van der Waals surface area contributed by atoms with Crippen LogP contribution in [0.2, 0.25) is 0 Å². The van der Waals surface area contributed by atoms with Crippen LogP contribution in [0.3, 0.4) is 0 Å².